The fraction of sp³-hybridized carbons (Fsp3) is 0.167. The van der Waals surface area contributed by atoms with Crippen molar-refractivity contribution in [1.29, 1.82) is 0 Å². The first-order chi connectivity index (χ1) is 8.60. The number of aromatic nitrogens is 2. The Hall–Kier alpha value is -1.14. The molecule has 94 valence electrons. The molecule has 2 rings (SSSR count). The van der Waals surface area contributed by atoms with E-state index in [1.165, 1.54) is 0 Å². The van der Waals surface area contributed by atoms with Crippen molar-refractivity contribution in [3.63, 3.8) is 0 Å². The van der Waals surface area contributed by atoms with E-state index in [0.717, 1.165) is 15.9 Å². The van der Waals surface area contributed by atoms with Gasteiger partial charge in [0.1, 0.15) is 5.82 Å². The summed E-state index contributed by atoms with van der Waals surface area (Å²) in [5.41, 5.74) is 0.914. The Morgan fingerprint density at radius 3 is 2.78 bits per heavy atom. The molecule has 0 atom stereocenters. The van der Waals surface area contributed by atoms with E-state index in [9.17, 15) is 4.79 Å². The van der Waals surface area contributed by atoms with Crippen LogP contribution in [0.5, 0.6) is 0 Å². The summed E-state index contributed by atoms with van der Waals surface area (Å²) in [4.78, 5) is 16.1. The van der Waals surface area contributed by atoms with Crippen LogP contribution in [0.25, 0.3) is 0 Å². The molecule has 0 fully saturated rings. The lowest BCUT2D eigenvalue weighted by molar-refractivity contribution is 0.749. The SMILES string of the molecule is CNc1ccc(Cn2cc(Br)cc(Br)c2=O)cn1. The first kappa shape index (κ1) is 13.3. The van der Waals surface area contributed by atoms with Crippen LogP contribution in [0.2, 0.25) is 0 Å². The maximum atomic E-state index is 11.9. The van der Waals surface area contributed by atoms with Crippen molar-refractivity contribution in [3.05, 3.63) is 55.5 Å². The average Bonchev–Trinajstić information content (AvgIpc) is 2.36. The highest BCUT2D eigenvalue weighted by Crippen LogP contribution is 2.14. The molecule has 0 radical (unpaired) electrons. The van der Waals surface area contributed by atoms with Crippen molar-refractivity contribution in [2.45, 2.75) is 6.54 Å². The quantitative estimate of drug-likeness (QED) is 0.901. The van der Waals surface area contributed by atoms with Crippen LogP contribution in [-0.2, 0) is 6.54 Å². The molecular weight excluding hydrogens is 362 g/mol. The summed E-state index contributed by atoms with van der Waals surface area (Å²) in [5.74, 6) is 0.807. The van der Waals surface area contributed by atoms with Gasteiger partial charge in [-0.05, 0) is 49.6 Å². The number of nitrogens with one attached hydrogen (secondary N) is 1. The van der Waals surface area contributed by atoms with Gasteiger partial charge in [0.05, 0.1) is 11.0 Å². The second kappa shape index (κ2) is 5.67. The number of halogens is 2. The molecule has 0 saturated heterocycles. The molecule has 2 aromatic heterocycles. The van der Waals surface area contributed by atoms with Crippen molar-refractivity contribution in [2.75, 3.05) is 12.4 Å². The van der Waals surface area contributed by atoms with E-state index in [2.05, 4.69) is 42.2 Å². The molecule has 0 aliphatic carbocycles. The van der Waals surface area contributed by atoms with Gasteiger partial charge in [0.2, 0.25) is 0 Å². The van der Waals surface area contributed by atoms with Gasteiger partial charge in [0, 0.05) is 23.9 Å². The summed E-state index contributed by atoms with van der Waals surface area (Å²) >= 11 is 6.61. The molecule has 0 spiro atoms. The predicted molar refractivity (Wildman–Crippen MR) is 79.0 cm³/mol. The molecule has 2 heterocycles. The van der Waals surface area contributed by atoms with Gasteiger partial charge in [0.25, 0.3) is 5.56 Å². The Morgan fingerprint density at radius 2 is 2.17 bits per heavy atom. The van der Waals surface area contributed by atoms with E-state index >= 15 is 0 Å². The molecule has 18 heavy (non-hydrogen) atoms. The highest BCUT2D eigenvalue weighted by atomic mass is 79.9. The van der Waals surface area contributed by atoms with Gasteiger partial charge >= 0.3 is 0 Å². The van der Waals surface area contributed by atoms with E-state index in [4.69, 9.17) is 0 Å². The Morgan fingerprint density at radius 1 is 1.39 bits per heavy atom. The molecule has 0 saturated carbocycles. The third-order valence-corrected chi connectivity index (χ3v) is 3.44. The molecular formula is C12H11Br2N3O. The van der Waals surface area contributed by atoms with Crippen LogP contribution in [0.3, 0.4) is 0 Å². The van der Waals surface area contributed by atoms with E-state index in [1.807, 2.05) is 19.2 Å². The van der Waals surface area contributed by atoms with Crippen LogP contribution >= 0.6 is 31.9 Å². The lowest BCUT2D eigenvalue weighted by atomic mass is 10.2. The summed E-state index contributed by atoms with van der Waals surface area (Å²) in [7, 11) is 1.82. The highest BCUT2D eigenvalue weighted by Gasteiger charge is 2.04. The van der Waals surface area contributed by atoms with Gasteiger partial charge in [-0.2, -0.15) is 0 Å². The average molecular weight is 373 g/mol. The zero-order valence-electron chi connectivity index (χ0n) is 9.65. The van der Waals surface area contributed by atoms with Crippen molar-refractivity contribution in [3.8, 4) is 0 Å². The molecule has 6 heteroatoms. The lowest BCUT2D eigenvalue weighted by Crippen LogP contribution is -2.20. The van der Waals surface area contributed by atoms with Crippen LogP contribution in [0.15, 0.2) is 44.3 Å². The monoisotopic (exact) mass is 371 g/mol. The third-order valence-electron chi connectivity index (χ3n) is 2.44. The maximum Gasteiger partial charge on any atom is 0.265 e. The standard InChI is InChI=1S/C12H11Br2N3O/c1-15-11-3-2-8(5-16-11)6-17-7-9(13)4-10(14)12(17)18/h2-5,7H,6H2,1H3,(H,15,16). The zero-order chi connectivity index (χ0) is 13.1. The Bertz CT molecular complexity index is 608. The minimum atomic E-state index is -0.0594. The van der Waals surface area contributed by atoms with Gasteiger partial charge in [0.15, 0.2) is 0 Å². The Labute approximate surface area is 121 Å². The van der Waals surface area contributed by atoms with Crippen molar-refractivity contribution >= 4 is 37.7 Å². The Kier molecular flexibility index (Phi) is 4.19. The number of anilines is 1. The third kappa shape index (κ3) is 3.00. The highest BCUT2D eigenvalue weighted by molar-refractivity contribution is 9.11. The first-order valence-corrected chi connectivity index (χ1v) is 6.87. The van der Waals surface area contributed by atoms with Crippen molar-refractivity contribution in [1.82, 2.24) is 9.55 Å². The van der Waals surface area contributed by atoms with Gasteiger partial charge < -0.3 is 9.88 Å². The summed E-state index contributed by atoms with van der Waals surface area (Å²) in [6.07, 6.45) is 3.52. The van der Waals surface area contributed by atoms with E-state index < -0.39 is 0 Å². The van der Waals surface area contributed by atoms with Crippen molar-refractivity contribution in [2.24, 2.45) is 0 Å². The Balaban J connectivity index is 2.31. The number of hydrogen-bond acceptors (Lipinski definition) is 3. The fourth-order valence-electron chi connectivity index (χ4n) is 1.54. The minimum Gasteiger partial charge on any atom is -0.373 e. The molecule has 0 bridgehead atoms. The molecule has 0 aliphatic rings. The van der Waals surface area contributed by atoms with Crippen molar-refractivity contribution < 1.29 is 0 Å². The molecule has 1 N–H and O–H groups in total. The van der Waals surface area contributed by atoms with Crippen LogP contribution in [0, 0.1) is 0 Å². The topological polar surface area (TPSA) is 46.9 Å². The molecule has 0 amide bonds. The van der Waals surface area contributed by atoms with Gasteiger partial charge in [-0.15, -0.1) is 0 Å². The van der Waals surface area contributed by atoms with Gasteiger partial charge in [-0.25, -0.2) is 4.98 Å². The van der Waals surface area contributed by atoms with E-state index in [0.29, 0.717) is 11.0 Å². The predicted octanol–water partition coefficient (Wildman–Crippen LogP) is 2.86. The van der Waals surface area contributed by atoms with Crippen LogP contribution in [0.4, 0.5) is 5.82 Å². The molecule has 0 aliphatic heterocycles. The number of pyridine rings is 2. The molecule has 4 nitrogen and oxygen atoms in total. The van der Waals surface area contributed by atoms with Crippen LogP contribution in [-0.4, -0.2) is 16.6 Å². The summed E-state index contributed by atoms with van der Waals surface area (Å²) < 4.78 is 3.02. The second-order valence-electron chi connectivity index (χ2n) is 3.74. The summed E-state index contributed by atoms with van der Waals surface area (Å²) in [6.45, 7) is 0.494. The normalized spacial score (nSPS) is 10.4. The lowest BCUT2D eigenvalue weighted by Gasteiger charge is -2.07. The van der Waals surface area contributed by atoms with E-state index in [1.54, 1.807) is 23.0 Å². The van der Waals surface area contributed by atoms with E-state index in [-0.39, 0.29) is 5.56 Å². The van der Waals surface area contributed by atoms with Gasteiger partial charge in [-0.1, -0.05) is 6.07 Å². The van der Waals surface area contributed by atoms with Crippen LogP contribution in [0.1, 0.15) is 5.56 Å². The van der Waals surface area contributed by atoms with Gasteiger partial charge in [-0.3, -0.25) is 4.79 Å². The van der Waals surface area contributed by atoms with Crippen LogP contribution < -0.4 is 10.9 Å². The molecule has 0 unspecified atom stereocenters. The first-order valence-electron chi connectivity index (χ1n) is 5.28. The number of nitrogens with zero attached hydrogens (tertiary/aromatic N) is 2. The minimum absolute atomic E-state index is 0.0594. The number of hydrogen-bond donors (Lipinski definition) is 1. The summed E-state index contributed by atoms with van der Waals surface area (Å²) in [6, 6.07) is 5.56. The second-order valence-corrected chi connectivity index (χ2v) is 5.51. The molecule has 0 aromatic carbocycles. The molecule has 2 aromatic rings. The summed E-state index contributed by atoms with van der Waals surface area (Å²) in [5, 5.41) is 2.95. The smallest absolute Gasteiger partial charge is 0.265 e. The largest absolute Gasteiger partial charge is 0.373 e. The zero-order valence-corrected chi connectivity index (χ0v) is 12.8. The fourth-order valence-corrected chi connectivity index (χ4v) is 2.80. The number of rotatable bonds is 3. The maximum absolute atomic E-state index is 11.9.